The molecule has 0 fully saturated rings. The number of ketones is 1. The van der Waals surface area contributed by atoms with Gasteiger partial charge in [0.1, 0.15) is 11.5 Å². The van der Waals surface area contributed by atoms with Crippen LogP contribution in [0.25, 0.3) is 0 Å². The summed E-state index contributed by atoms with van der Waals surface area (Å²) in [7, 11) is -3.42. The Labute approximate surface area is 109 Å². The standard InChI is InChI=1S/C12H22O5S/c1-5-17-12(14)7-6-11(13)8-18(15,16)10(4)9(2)3/h9-10H,5-8H2,1-4H3. The monoisotopic (exact) mass is 278 g/mol. The van der Waals surface area contributed by atoms with Gasteiger partial charge in [0.25, 0.3) is 0 Å². The van der Waals surface area contributed by atoms with Gasteiger partial charge >= 0.3 is 5.97 Å². The lowest BCUT2D eigenvalue weighted by Crippen LogP contribution is -2.29. The molecule has 1 unspecified atom stereocenters. The van der Waals surface area contributed by atoms with Gasteiger partial charge in [-0.05, 0) is 19.8 Å². The van der Waals surface area contributed by atoms with E-state index in [2.05, 4.69) is 4.74 Å². The summed E-state index contributed by atoms with van der Waals surface area (Å²) in [5.41, 5.74) is 0. The molecule has 0 aliphatic rings. The van der Waals surface area contributed by atoms with Crippen LogP contribution < -0.4 is 0 Å². The highest BCUT2D eigenvalue weighted by Gasteiger charge is 2.26. The van der Waals surface area contributed by atoms with E-state index in [1.807, 2.05) is 0 Å². The van der Waals surface area contributed by atoms with Crippen LogP contribution in [0.4, 0.5) is 0 Å². The maximum atomic E-state index is 11.8. The molecule has 0 aliphatic carbocycles. The van der Waals surface area contributed by atoms with Gasteiger partial charge in [-0.1, -0.05) is 13.8 Å². The average molecular weight is 278 g/mol. The molecule has 1 atom stereocenters. The first-order chi connectivity index (χ1) is 8.20. The first-order valence-corrected chi connectivity index (χ1v) is 7.81. The molecule has 0 aromatic rings. The highest BCUT2D eigenvalue weighted by molar-refractivity contribution is 7.92. The second-order valence-corrected chi connectivity index (χ2v) is 6.96. The predicted octanol–water partition coefficient (Wildman–Crippen LogP) is 1.36. The summed E-state index contributed by atoms with van der Waals surface area (Å²) in [5.74, 6) is -1.44. The van der Waals surface area contributed by atoms with Gasteiger partial charge in [0.15, 0.2) is 9.84 Å². The Kier molecular flexibility index (Phi) is 7.13. The first-order valence-electron chi connectivity index (χ1n) is 6.09. The Morgan fingerprint density at radius 3 is 2.11 bits per heavy atom. The van der Waals surface area contributed by atoms with E-state index >= 15 is 0 Å². The highest BCUT2D eigenvalue weighted by atomic mass is 32.2. The summed E-state index contributed by atoms with van der Waals surface area (Å²) in [6, 6.07) is 0. The zero-order valence-electron chi connectivity index (χ0n) is 11.4. The minimum Gasteiger partial charge on any atom is -0.466 e. The highest BCUT2D eigenvalue weighted by Crippen LogP contribution is 2.13. The summed E-state index contributed by atoms with van der Waals surface area (Å²) >= 11 is 0. The molecule has 0 aromatic carbocycles. The van der Waals surface area contributed by atoms with Gasteiger partial charge in [0.2, 0.25) is 0 Å². The van der Waals surface area contributed by atoms with Crippen molar-refractivity contribution in [3.63, 3.8) is 0 Å². The summed E-state index contributed by atoms with van der Waals surface area (Å²) in [6.45, 7) is 7.12. The lowest BCUT2D eigenvalue weighted by Gasteiger charge is -2.15. The molecule has 0 saturated carbocycles. The van der Waals surface area contributed by atoms with Crippen molar-refractivity contribution in [1.29, 1.82) is 0 Å². The third-order valence-corrected chi connectivity index (χ3v) is 5.18. The van der Waals surface area contributed by atoms with E-state index in [-0.39, 0.29) is 25.4 Å². The number of carbonyl (C=O) groups is 2. The number of rotatable bonds is 8. The number of hydrogen-bond donors (Lipinski definition) is 0. The van der Waals surface area contributed by atoms with E-state index in [9.17, 15) is 18.0 Å². The Morgan fingerprint density at radius 2 is 1.67 bits per heavy atom. The van der Waals surface area contributed by atoms with Crippen LogP contribution in [0.5, 0.6) is 0 Å². The molecule has 0 radical (unpaired) electrons. The van der Waals surface area contributed by atoms with Crippen molar-refractivity contribution in [3.8, 4) is 0 Å². The van der Waals surface area contributed by atoms with Gasteiger partial charge in [0.05, 0.1) is 18.3 Å². The first kappa shape index (κ1) is 17.1. The SMILES string of the molecule is CCOC(=O)CCC(=O)CS(=O)(=O)C(C)C(C)C. The van der Waals surface area contributed by atoms with Crippen LogP contribution >= 0.6 is 0 Å². The van der Waals surface area contributed by atoms with Crippen molar-refractivity contribution in [1.82, 2.24) is 0 Å². The Hall–Kier alpha value is -0.910. The quantitative estimate of drug-likeness (QED) is 0.626. The number of Topliss-reactive ketones (excluding diaryl/α,β-unsaturated/α-hetero) is 1. The van der Waals surface area contributed by atoms with Crippen LogP contribution in [0.1, 0.15) is 40.5 Å². The molecule has 106 valence electrons. The molecule has 0 heterocycles. The van der Waals surface area contributed by atoms with E-state index in [4.69, 9.17) is 0 Å². The van der Waals surface area contributed by atoms with Crippen molar-refractivity contribution >= 4 is 21.6 Å². The number of ether oxygens (including phenoxy) is 1. The van der Waals surface area contributed by atoms with Crippen LogP contribution in [0.3, 0.4) is 0 Å². The summed E-state index contributed by atoms with van der Waals surface area (Å²) in [4.78, 5) is 22.5. The summed E-state index contributed by atoms with van der Waals surface area (Å²) in [5, 5.41) is -0.552. The van der Waals surface area contributed by atoms with Gasteiger partial charge in [-0.3, -0.25) is 9.59 Å². The molecular weight excluding hydrogens is 256 g/mol. The number of carbonyl (C=O) groups excluding carboxylic acids is 2. The van der Waals surface area contributed by atoms with Gasteiger partial charge < -0.3 is 4.74 Å². The zero-order chi connectivity index (χ0) is 14.3. The number of esters is 1. The maximum absolute atomic E-state index is 11.8. The van der Waals surface area contributed by atoms with Crippen LogP contribution in [-0.4, -0.2) is 37.8 Å². The molecule has 18 heavy (non-hydrogen) atoms. The maximum Gasteiger partial charge on any atom is 0.306 e. The van der Waals surface area contributed by atoms with Crippen molar-refractivity contribution in [3.05, 3.63) is 0 Å². The molecule has 0 aliphatic heterocycles. The van der Waals surface area contributed by atoms with Gasteiger partial charge in [-0.25, -0.2) is 8.42 Å². The summed E-state index contributed by atoms with van der Waals surface area (Å²) in [6.07, 6.45) is -0.138. The lowest BCUT2D eigenvalue weighted by atomic mass is 10.2. The molecule has 0 amide bonds. The van der Waals surface area contributed by atoms with E-state index in [0.717, 1.165) is 0 Å². The van der Waals surface area contributed by atoms with E-state index in [0.29, 0.717) is 0 Å². The van der Waals surface area contributed by atoms with Gasteiger partial charge in [-0.15, -0.1) is 0 Å². The number of sulfone groups is 1. The number of hydrogen-bond acceptors (Lipinski definition) is 5. The smallest absolute Gasteiger partial charge is 0.306 e. The fraction of sp³-hybridized carbons (Fsp3) is 0.833. The Balaban J connectivity index is 4.28. The molecular formula is C12H22O5S. The van der Waals surface area contributed by atoms with E-state index in [1.165, 1.54) is 0 Å². The Bertz CT molecular complexity index is 383. The third kappa shape index (κ3) is 6.14. The molecule has 0 bridgehead atoms. The molecule has 5 nitrogen and oxygen atoms in total. The fourth-order valence-corrected chi connectivity index (χ4v) is 3.00. The lowest BCUT2D eigenvalue weighted by molar-refractivity contribution is -0.144. The molecule has 0 rings (SSSR count). The predicted molar refractivity (Wildman–Crippen MR) is 69.0 cm³/mol. The minimum atomic E-state index is -3.42. The van der Waals surface area contributed by atoms with Crippen molar-refractivity contribution in [2.45, 2.75) is 45.8 Å². The Morgan fingerprint density at radius 1 is 1.11 bits per heavy atom. The topological polar surface area (TPSA) is 77.5 Å². The van der Waals surface area contributed by atoms with Crippen LogP contribution in [-0.2, 0) is 24.2 Å². The van der Waals surface area contributed by atoms with Crippen molar-refractivity contribution in [2.75, 3.05) is 12.4 Å². The van der Waals surface area contributed by atoms with Crippen molar-refractivity contribution < 1.29 is 22.7 Å². The largest absolute Gasteiger partial charge is 0.466 e. The van der Waals surface area contributed by atoms with E-state index < -0.39 is 32.6 Å². The van der Waals surface area contributed by atoms with Crippen LogP contribution in [0, 0.1) is 5.92 Å². The fourth-order valence-electron chi connectivity index (χ4n) is 1.32. The molecule has 0 aromatic heterocycles. The molecule has 0 N–H and O–H groups in total. The van der Waals surface area contributed by atoms with Crippen LogP contribution in [0.15, 0.2) is 0 Å². The third-order valence-electron chi connectivity index (χ3n) is 2.78. The van der Waals surface area contributed by atoms with Crippen LogP contribution in [0.2, 0.25) is 0 Å². The second kappa shape index (κ2) is 7.51. The second-order valence-electron chi connectivity index (χ2n) is 4.60. The molecule has 0 saturated heterocycles. The normalized spacial score (nSPS) is 13.4. The van der Waals surface area contributed by atoms with Gasteiger partial charge in [-0.2, -0.15) is 0 Å². The molecule has 6 heteroatoms. The van der Waals surface area contributed by atoms with E-state index in [1.54, 1.807) is 27.7 Å². The molecule has 0 spiro atoms. The van der Waals surface area contributed by atoms with Crippen molar-refractivity contribution in [2.24, 2.45) is 5.92 Å². The zero-order valence-corrected chi connectivity index (χ0v) is 12.2. The minimum absolute atomic E-state index is 0.0344. The average Bonchev–Trinajstić information content (AvgIpc) is 2.25. The van der Waals surface area contributed by atoms with Gasteiger partial charge in [0, 0.05) is 6.42 Å². The summed E-state index contributed by atoms with van der Waals surface area (Å²) < 4.78 is 28.3.